The summed E-state index contributed by atoms with van der Waals surface area (Å²) in [6.45, 7) is 1.51. The Balaban J connectivity index is 1.70. The number of fused-ring (bicyclic) bond motifs is 1. The highest BCUT2D eigenvalue weighted by atomic mass is 16.5. The summed E-state index contributed by atoms with van der Waals surface area (Å²) in [5.41, 5.74) is 2.72. The number of carbonyl (C=O) groups excluding carboxylic acids is 1. The van der Waals surface area contributed by atoms with Gasteiger partial charge >= 0.3 is 0 Å². The van der Waals surface area contributed by atoms with E-state index in [4.69, 9.17) is 9.15 Å². The fourth-order valence-corrected chi connectivity index (χ4v) is 3.75. The minimum Gasteiger partial charge on any atom is -0.543 e. The molecule has 0 atom stereocenters. The molecule has 0 spiro atoms. The van der Waals surface area contributed by atoms with Gasteiger partial charge in [0.1, 0.15) is 11.5 Å². The number of nitrogens with zero attached hydrogens (tertiary/aromatic N) is 1. The molecular formula is C24H23N2O4-. The van der Waals surface area contributed by atoms with E-state index < -0.39 is 5.97 Å². The number of aromatic nitrogens is 1. The van der Waals surface area contributed by atoms with Crippen molar-refractivity contribution in [2.45, 2.75) is 19.5 Å². The molecule has 154 valence electrons. The van der Waals surface area contributed by atoms with Gasteiger partial charge in [-0.15, -0.1) is 0 Å². The van der Waals surface area contributed by atoms with Gasteiger partial charge in [-0.25, -0.2) is 0 Å². The first-order valence-electron chi connectivity index (χ1n) is 9.85. The molecule has 0 saturated heterocycles. The third kappa shape index (κ3) is 4.09. The van der Waals surface area contributed by atoms with Crippen LogP contribution in [0.15, 0.2) is 71.3 Å². The smallest absolute Gasteiger partial charge is 0.120 e. The van der Waals surface area contributed by atoms with Crippen LogP contribution in [0, 0.1) is 0 Å². The van der Waals surface area contributed by atoms with Crippen LogP contribution < -0.4 is 15.2 Å². The highest BCUT2D eigenvalue weighted by Gasteiger charge is 2.19. The molecule has 0 radical (unpaired) electrons. The van der Waals surface area contributed by atoms with E-state index in [2.05, 4.69) is 5.32 Å². The zero-order valence-electron chi connectivity index (χ0n) is 16.8. The number of carboxylic acids is 1. The summed E-state index contributed by atoms with van der Waals surface area (Å²) in [5, 5.41) is 16.4. The van der Waals surface area contributed by atoms with Gasteiger partial charge in [0.15, 0.2) is 0 Å². The molecule has 0 aliphatic rings. The molecule has 0 aliphatic heterocycles. The van der Waals surface area contributed by atoms with Crippen molar-refractivity contribution in [1.82, 2.24) is 9.88 Å². The monoisotopic (exact) mass is 403 g/mol. The number of carboxylic acid groups (broad SMARTS) is 1. The van der Waals surface area contributed by atoms with Crippen LogP contribution >= 0.6 is 0 Å². The van der Waals surface area contributed by atoms with Crippen LogP contribution in [0.5, 0.6) is 5.75 Å². The lowest BCUT2D eigenvalue weighted by molar-refractivity contribution is -0.255. The predicted octanol–water partition coefficient (Wildman–Crippen LogP) is 2.99. The highest BCUT2D eigenvalue weighted by molar-refractivity contribution is 5.98. The maximum absolute atomic E-state index is 12.2. The number of nitrogens with one attached hydrogen (secondary N) is 1. The average molecular weight is 403 g/mol. The zero-order chi connectivity index (χ0) is 20.9. The molecule has 0 amide bonds. The van der Waals surface area contributed by atoms with Crippen LogP contribution in [0.1, 0.15) is 27.4 Å². The molecule has 30 heavy (non-hydrogen) atoms. The average Bonchev–Trinajstić information content (AvgIpc) is 3.38. The van der Waals surface area contributed by atoms with Gasteiger partial charge in [-0.3, -0.25) is 0 Å². The van der Waals surface area contributed by atoms with Gasteiger partial charge in [-0.2, -0.15) is 0 Å². The van der Waals surface area contributed by atoms with Gasteiger partial charge in [0.2, 0.25) is 0 Å². The molecule has 2 heterocycles. The highest BCUT2D eigenvalue weighted by Crippen LogP contribution is 2.30. The summed E-state index contributed by atoms with van der Waals surface area (Å²) in [6.07, 6.45) is 2.37. The molecule has 2 aromatic carbocycles. The molecule has 4 rings (SSSR count). The van der Waals surface area contributed by atoms with Crippen LogP contribution in [0.2, 0.25) is 0 Å². The number of methoxy groups -OCH3 is 1. The molecule has 6 nitrogen and oxygen atoms in total. The summed E-state index contributed by atoms with van der Waals surface area (Å²) < 4.78 is 12.5. The van der Waals surface area contributed by atoms with E-state index in [1.165, 1.54) is 0 Å². The van der Waals surface area contributed by atoms with Crippen molar-refractivity contribution in [3.8, 4) is 5.75 Å². The number of hydrogen-bond acceptors (Lipinski definition) is 5. The van der Waals surface area contributed by atoms with Gasteiger partial charge in [0.05, 0.1) is 30.6 Å². The van der Waals surface area contributed by atoms with E-state index in [0.717, 1.165) is 28.6 Å². The largest absolute Gasteiger partial charge is 0.543 e. The molecule has 4 aromatic rings. The second-order valence-electron chi connectivity index (χ2n) is 7.08. The Hall–Kier alpha value is -3.51. The predicted molar refractivity (Wildman–Crippen MR) is 112 cm³/mol. The first kappa shape index (κ1) is 19.8. The lowest BCUT2D eigenvalue weighted by Crippen LogP contribution is -2.28. The van der Waals surface area contributed by atoms with Crippen molar-refractivity contribution >= 4 is 16.9 Å². The Morgan fingerprint density at radius 1 is 1.13 bits per heavy atom. The van der Waals surface area contributed by atoms with Crippen molar-refractivity contribution in [3.05, 3.63) is 89.5 Å². The number of rotatable bonds is 9. The molecule has 0 unspecified atom stereocenters. The van der Waals surface area contributed by atoms with Crippen LogP contribution in [0.4, 0.5) is 0 Å². The number of benzene rings is 2. The Morgan fingerprint density at radius 2 is 1.97 bits per heavy atom. The first-order valence-corrected chi connectivity index (χ1v) is 9.85. The van der Waals surface area contributed by atoms with Crippen LogP contribution in [0.3, 0.4) is 0 Å². The number of hydrogen-bond donors (Lipinski definition) is 1. The fraction of sp³-hybridized carbons (Fsp3) is 0.208. The molecule has 0 bridgehead atoms. The van der Waals surface area contributed by atoms with E-state index in [1.54, 1.807) is 17.9 Å². The Bertz CT molecular complexity index is 1130. The number of furan rings is 1. The maximum Gasteiger partial charge on any atom is 0.120 e. The van der Waals surface area contributed by atoms with Gasteiger partial charge < -0.3 is 28.9 Å². The van der Waals surface area contributed by atoms with Crippen LogP contribution in [-0.4, -0.2) is 24.2 Å². The van der Waals surface area contributed by atoms with E-state index in [1.807, 2.05) is 60.7 Å². The second kappa shape index (κ2) is 8.88. The third-order valence-corrected chi connectivity index (χ3v) is 5.18. The summed E-state index contributed by atoms with van der Waals surface area (Å²) in [4.78, 5) is 12.2. The molecular weight excluding hydrogens is 380 g/mol. The first-order chi connectivity index (χ1) is 14.7. The Kier molecular flexibility index (Phi) is 5.86. The molecule has 0 fully saturated rings. The zero-order valence-corrected chi connectivity index (χ0v) is 16.8. The summed E-state index contributed by atoms with van der Waals surface area (Å²) >= 11 is 0. The standard InChI is InChI=1S/C24H24N2O4/c1-29-19-9-10-20-21(15-25-12-11-18-8-5-13-30-18)23(24(27)28)26(22(20)14-19)16-17-6-3-2-4-7-17/h2-10,13-14,25H,11-12,15-16H2,1H3,(H,27,28)/p-1. The van der Waals surface area contributed by atoms with Crippen molar-refractivity contribution in [3.63, 3.8) is 0 Å². The van der Waals surface area contributed by atoms with Gasteiger partial charge in [0.25, 0.3) is 0 Å². The molecule has 6 heteroatoms. The third-order valence-electron chi connectivity index (χ3n) is 5.18. The maximum atomic E-state index is 12.2. The minimum absolute atomic E-state index is 0.188. The van der Waals surface area contributed by atoms with Crippen molar-refractivity contribution < 1.29 is 19.1 Å². The van der Waals surface area contributed by atoms with Crippen LogP contribution in [0.25, 0.3) is 10.9 Å². The quantitative estimate of drug-likeness (QED) is 0.435. The summed E-state index contributed by atoms with van der Waals surface area (Å²) in [5.74, 6) is 0.374. The summed E-state index contributed by atoms with van der Waals surface area (Å²) in [7, 11) is 1.60. The normalized spacial score (nSPS) is 11.1. The van der Waals surface area contributed by atoms with Gasteiger partial charge in [-0.05, 0) is 29.8 Å². The number of aromatic carboxylic acids is 1. The molecule has 0 saturated carbocycles. The molecule has 0 aliphatic carbocycles. The fourth-order valence-electron chi connectivity index (χ4n) is 3.75. The summed E-state index contributed by atoms with van der Waals surface area (Å²) in [6, 6.07) is 19.2. The lowest BCUT2D eigenvalue weighted by Gasteiger charge is -2.14. The Labute approximate surface area is 174 Å². The van der Waals surface area contributed by atoms with E-state index >= 15 is 0 Å². The second-order valence-corrected chi connectivity index (χ2v) is 7.08. The van der Waals surface area contributed by atoms with Gasteiger partial charge in [0, 0.05) is 43.1 Å². The van der Waals surface area contributed by atoms with Gasteiger partial charge in [-0.1, -0.05) is 30.3 Å². The van der Waals surface area contributed by atoms with E-state index in [-0.39, 0.29) is 5.69 Å². The van der Waals surface area contributed by atoms with Crippen molar-refractivity contribution in [2.24, 2.45) is 0 Å². The minimum atomic E-state index is -1.19. The SMILES string of the molecule is COc1ccc2c(CNCCc3ccco3)c(C(=O)[O-])n(Cc3ccccc3)c2c1. The van der Waals surface area contributed by atoms with E-state index in [9.17, 15) is 9.90 Å². The molecule has 2 aromatic heterocycles. The number of carbonyl (C=O) groups is 1. The van der Waals surface area contributed by atoms with Crippen molar-refractivity contribution in [1.29, 1.82) is 0 Å². The lowest BCUT2D eigenvalue weighted by atomic mass is 10.1. The topological polar surface area (TPSA) is 79.5 Å². The van der Waals surface area contributed by atoms with Crippen molar-refractivity contribution in [2.75, 3.05) is 13.7 Å². The van der Waals surface area contributed by atoms with Crippen LogP contribution in [-0.2, 0) is 19.5 Å². The number of ether oxygens (including phenoxy) is 1. The van der Waals surface area contributed by atoms with E-state index in [0.29, 0.717) is 30.9 Å². The Morgan fingerprint density at radius 3 is 2.67 bits per heavy atom. The molecule has 1 N–H and O–H groups in total.